The Balaban J connectivity index is 1.66. The van der Waals surface area contributed by atoms with E-state index in [-0.39, 0.29) is 18.2 Å². The van der Waals surface area contributed by atoms with Gasteiger partial charge < -0.3 is 16.0 Å². The van der Waals surface area contributed by atoms with Crippen molar-refractivity contribution < 1.29 is 14.4 Å². The van der Waals surface area contributed by atoms with Crippen LogP contribution in [0.4, 0.5) is 11.4 Å². The monoisotopic (exact) mass is 357 g/mol. The van der Waals surface area contributed by atoms with Crippen LogP contribution in [0.5, 0.6) is 0 Å². The van der Waals surface area contributed by atoms with E-state index < -0.39 is 11.8 Å². The molecule has 3 amide bonds. The fourth-order valence-corrected chi connectivity index (χ4v) is 2.84. The number of hydrogen-bond donors (Lipinski definition) is 2. The summed E-state index contributed by atoms with van der Waals surface area (Å²) >= 11 is 5.86. The van der Waals surface area contributed by atoms with Crippen molar-refractivity contribution in [2.45, 2.75) is 6.42 Å². The highest BCUT2D eigenvalue weighted by atomic mass is 35.5. The third-order valence-corrected chi connectivity index (χ3v) is 4.32. The van der Waals surface area contributed by atoms with E-state index in [9.17, 15) is 14.4 Å². The largest absolute Gasteiger partial charge is 0.366 e. The molecule has 1 fully saturated rings. The highest BCUT2D eigenvalue weighted by Gasteiger charge is 2.35. The first kappa shape index (κ1) is 17.0. The van der Waals surface area contributed by atoms with E-state index >= 15 is 0 Å². The van der Waals surface area contributed by atoms with Crippen LogP contribution < -0.4 is 16.0 Å². The van der Waals surface area contributed by atoms with Gasteiger partial charge in [-0.3, -0.25) is 14.4 Å². The minimum atomic E-state index is -0.530. The van der Waals surface area contributed by atoms with Crippen molar-refractivity contribution in [2.24, 2.45) is 11.7 Å². The van der Waals surface area contributed by atoms with Crippen molar-refractivity contribution >= 4 is 40.7 Å². The summed E-state index contributed by atoms with van der Waals surface area (Å²) in [7, 11) is 0. The number of nitrogens with two attached hydrogens (primary N) is 1. The number of carbonyl (C=O) groups excluding carboxylic acids is 3. The third-order valence-electron chi connectivity index (χ3n) is 4.07. The van der Waals surface area contributed by atoms with Crippen molar-refractivity contribution in [1.82, 2.24) is 0 Å². The molecule has 0 saturated carbocycles. The summed E-state index contributed by atoms with van der Waals surface area (Å²) in [5.41, 5.74) is 6.81. The van der Waals surface area contributed by atoms with Gasteiger partial charge in [-0.2, -0.15) is 0 Å². The summed E-state index contributed by atoms with van der Waals surface area (Å²) < 4.78 is 0. The van der Waals surface area contributed by atoms with Crippen LogP contribution >= 0.6 is 11.6 Å². The van der Waals surface area contributed by atoms with Gasteiger partial charge in [0.15, 0.2) is 0 Å². The first-order chi connectivity index (χ1) is 11.9. The second kappa shape index (κ2) is 6.94. The second-order valence-electron chi connectivity index (χ2n) is 5.81. The maximum atomic E-state index is 12.4. The molecular weight excluding hydrogens is 342 g/mol. The molecule has 0 aliphatic carbocycles. The van der Waals surface area contributed by atoms with Crippen molar-refractivity contribution in [3.8, 4) is 0 Å². The Labute approximate surface area is 149 Å². The minimum absolute atomic E-state index is 0.105. The topological polar surface area (TPSA) is 92.5 Å². The summed E-state index contributed by atoms with van der Waals surface area (Å²) in [6, 6.07) is 13.2. The molecule has 1 aliphatic rings. The van der Waals surface area contributed by atoms with Crippen LogP contribution in [0.25, 0.3) is 0 Å². The van der Waals surface area contributed by atoms with Crippen molar-refractivity contribution in [1.29, 1.82) is 0 Å². The van der Waals surface area contributed by atoms with Gasteiger partial charge in [0.2, 0.25) is 17.7 Å². The molecule has 0 bridgehead atoms. The number of nitrogens with one attached hydrogen (secondary N) is 1. The standard InChI is InChI=1S/C18H16ClN3O3/c19-13-3-7-15(8-4-13)22-10-12(9-16(22)23)18(25)21-14-5-1-11(2-6-14)17(20)24/h1-8,12H,9-10H2,(H2,20,24)(H,21,25)/t12-/m1/s1. The number of benzene rings is 2. The number of primary amides is 1. The van der Waals surface area contributed by atoms with Crippen LogP contribution in [0.1, 0.15) is 16.8 Å². The quantitative estimate of drug-likeness (QED) is 0.880. The number of amides is 3. The SMILES string of the molecule is NC(=O)c1ccc(NC(=O)[C@@H]2CC(=O)N(c3ccc(Cl)cc3)C2)cc1. The fraction of sp³-hybridized carbons (Fsp3) is 0.167. The summed E-state index contributed by atoms with van der Waals surface area (Å²) in [4.78, 5) is 37.3. The second-order valence-corrected chi connectivity index (χ2v) is 6.25. The number of anilines is 2. The van der Waals surface area contributed by atoms with Crippen molar-refractivity contribution in [3.63, 3.8) is 0 Å². The van der Waals surface area contributed by atoms with Crippen molar-refractivity contribution in [3.05, 3.63) is 59.1 Å². The molecule has 1 atom stereocenters. The molecule has 1 aliphatic heterocycles. The van der Waals surface area contributed by atoms with E-state index in [1.54, 1.807) is 41.3 Å². The molecule has 25 heavy (non-hydrogen) atoms. The Morgan fingerprint density at radius 1 is 1.08 bits per heavy atom. The average molecular weight is 358 g/mol. The molecule has 0 spiro atoms. The van der Waals surface area contributed by atoms with Gasteiger partial charge >= 0.3 is 0 Å². The fourth-order valence-electron chi connectivity index (χ4n) is 2.72. The van der Waals surface area contributed by atoms with Crippen LogP contribution in [-0.2, 0) is 9.59 Å². The summed E-state index contributed by atoms with van der Waals surface area (Å²) in [6.45, 7) is 0.311. The minimum Gasteiger partial charge on any atom is -0.366 e. The van der Waals surface area contributed by atoms with Crippen LogP contribution in [0.15, 0.2) is 48.5 Å². The molecule has 1 heterocycles. The number of hydrogen-bond acceptors (Lipinski definition) is 3. The summed E-state index contributed by atoms with van der Waals surface area (Å²) in [5.74, 6) is -1.32. The van der Waals surface area contributed by atoms with E-state index in [2.05, 4.69) is 5.32 Å². The molecule has 1 saturated heterocycles. The predicted octanol–water partition coefficient (Wildman–Crippen LogP) is 2.43. The zero-order valence-corrected chi connectivity index (χ0v) is 14.0. The zero-order valence-electron chi connectivity index (χ0n) is 13.2. The van der Waals surface area contributed by atoms with Crippen LogP contribution in [-0.4, -0.2) is 24.3 Å². The lowest BCUT2D eigenvalue weighted by Crippen LogP contribution is -2.28. The zero-order chi connectivity index (χ0) is 18.0. The van der Waals surface area contributed by atoms with Gasteiger partial charge in [-0.15, -0.1) is 0 Å². The van der Waals surface area contributed by atoms with Gasteiger partial charge in [0.25, 0.3) is 0 Å². The van der Waals surface area contributed by atoms with Crippen LogP contribution in [0, 0.1) is 5.92 Å². The lowest BCUT2D eigenvalue weighted by atomic mass is 10.1. The molecule has 2 aromatic rings. The van der Waals surface area contributed by atoms with E-state index in [1.165, 1.54) is 12.1 Å². The van der Waals surface area contributed by atoms with Gasteiger partial charge in [-0.1, -0.05) is 11.6 Å². The van der Waals surface area contributed by atoms with Crippen LogP contribution in [0.2, 0.25) is 5.02 Å². The van der Waals surface area contributed by atoms with E-state index in [0.29, 0.717) is 22.8 Å². The number of rotatable bonds is 4. The van der Waals surface area contributed by atoms with Gasteiger partial charge in [0, 0.05) is 34.9 Å². The average Bonchev–Trinajstić information content (AvgIpc) is 2.98. The Morgan fingerprint density at radius 2 is 1.72 bits per heavy atom. The highest BCUT2D eigenvalue weighted by Crippen LogP contribution is 2.27. The Morgan fingerprint density at radius 3 is 2.32 bits per heavy atom. The molecule has 0 aromatic heterocycles. The first-order valence-electron chi connectivity index (χ1n) is 7.70. The predicted molar refractivity (Wildman–Crippen MR) is 95.5 cm³/mol. The summed E-state index contributed by atoms with van der Waals surface area (Å²) in [5, 5.41) is 3.35. The number of carbonyl (C=O) groups is 3. The van der Waals surface area contributed by atoms with Crippen molar-refractivity contribution in [2.75, 3.05) is 16.8 Å². The summed E-state index contributed by atoms with van der Waals surface area (Å²) in [6.07, 6.45) is 0.147. The third kappa shape index (κ3) is 3.80. The molecule has 128 valence electrons. The maximum Gasteiger partial charge on any atom is 0.248 e. The molecule has 7 heteroatoms. The van der Waals surface area contributed by atoms with Gasteiger partial charge in [-0.05, 0) is 48.5 Å². The molecule has 6 nitrogen and oxygen atoms in total. The van der Waals surface area contributed by atoms with Crippen LogP contribution in [0.3, 0.4) is 0 Å². The van der Waals surface area contributed by atoms with Gasteiger partial charge in [0.05, 0.1) is 5.92 Å². The van der Waals surface area contributed by atoms with E-state index in [0.717, 1.165) is 5.69 Å². The lowest BCUT2D eigenvalue weighted by molar-refractivity contribution is -0.122. The lowest BCUT2D eigenvalue weighted by Gasteiger charge is -2.16. The maximum absolute atomic E-state index is 12.4. The molecule has 0 unspecified atom stereocenters. The number of nitrogens with zero attached hydrogens (tertiary/aromatic N) is 1. The smallest absolute Gasteiger partial charge is 0.248 e. The molecule has 0 radical (unpaired) electrons. The van der Waals surface area contributed by atoms with E-state index in [1.807, 2.05) is 0 Å². The molecule has 3 N–H and O–H groups in total. The Hall–Kier alpha value is -2.86. The number of halogens is 1. The normalized spacial score (nSPS) is 16.8. The van der Waals surface area contributed by atoms with Gasteiger partial charge in [0.1, 0.15) is 0 Å². The molecule has 2 aromatic carbocycles. The molecule has 3 rings (SSSR count). The first-order valence-corrected chi connectivity index (χ1v) is 8.08. The Bertz CT molecular complexity index is 818. The van der Waals surface area contributed by atoms with Gasteiger partial charge in [-0.25, -0.2) is 0 Å². The molecular formula is C18H16ClN3O3. The van der Waals surface area contributed by atoms with E-state index in [4.69, 9.17) is 17.3 Å². The Kier molecular flexibility index (Phi) is 4.72. The highest BCUT2D eigenvalue weighted by molar-refractivity contribution is 6.30.